The second kappa shape index (κ2) is 9.80. The molecule has 3 atom stereocenters. The lowest BCUT2D eigenvalue weighted by molar-refractivity contribution is -0.153. The van der Waals surface area contributed by atoms with Crippen LogP contribution in [0.2, 0.25) is 0 Å². The summed E-state index contributed by atoms with van der Waals surface area (Å²) in [7, 11) is 0. The molecule has 4 N–H and O–H groups in total. The van der Waals surface area contributed by atoms with Crippen LogP contribution in [0.1, 0.15) is 46.5 Å². The van der Waals surface area contributed by atoms with Crippen molar-refractivity contribution in [2.75, 3.05) is 13.2 Å². The van der Waals surface area contributed by atoms with Crippen molar-refractivity contribution in [1.82, 2.24) is 5.32 Å². The minimum absolute atomic E-state index is 0.00280. The number of Topliss-reactive ketones (excluding diaryl/α,β-unsaturated/α-hetero) is 1. The Bertz CT molecular complexity index is 552. The summed E-state index contributed by atoms with van der Waals surface area (Å²) in [4.78, 5) is 46.6. The Balaban J connectivity index is 2.51. The highest BCUT2D eigenvalue weighted by Crippen LogP contribution is 2.34. The third kappa shape index (κ3) is 6.91. The normalized spacial score (nSPS) is 24.1. The summed E-state index contributed by atoms with van der Waals surface area (Å²) in [5.41, 5.74) is -0.588. The minimum atomic E-state index is -1.39. The number of ether oxygens (including phenoxy) is 1. The molecule has 3 unspecified atom stereocenters. The smallest absolute Gasteiger partial charge is 0.306 e. The average molecular weight is 387 g/mol. The molecule has 0 aromatic heterocycles. The number of carboxylic acids is 2. The largest absolute Gasteiger partial charge is 0.481 e. The molecule has 154 valence electrons. The highest BCUT2D eigenvalue weighted by Gasteiger charge is 2.39. The van der Waals surface area contributed by atoms with Gasteiger partial charge in [0.05, 0.1) is 18.4 Å². The summed E-state index contributed by atoms with van der Waals surface area (Å²) >= 11 is 0. The lowest BCUT2D eigenvalue weighted by Crippen LogP contribution is -2.42. The van der Waals surface area contributed by atoms with Crippen LogP contribution in [0.25, 0.3) is 0 Å². The number of ketones is 1. The number of nitrogens with one attached hydrogen (secondary N) is 1. The number of hydrogen-bond donors (Lipinski definition) is 4. The van der Waals surface area contributed by atoms with E-state index in [2.05, 4.69) is 5.32 Å². The van der Waals surface area contributed by atoms with Gasteiger partial charge < -0.3 is 25.4 Å². The Hall–Kier alpha value is -2.00. The van der Waals surface area contributed by atoms with E-state index in [4.69, 9.17) is 14.9 Å². The van der Waals surface area contributed by atoms with Crippen LogP contribution in [0.3, 0.4) is 0 Å². The molecule has 1 amide bonds. The zero-order valence-corrected chi connectivity index (χ0v) is 15.9. The Kier molecular flexibility index (Phi) is 8.36. The van der Waals surface area contributed by atoms with Gasteiger partial charge in [-0.3, -0.25) is 19.2 Å². The first-order valence-electron chi connectivity index (χ1n) is 9.04. The van der Waals surface area contributed by atoms with Crippen molar-refractivity contribution in [1.29, 1.82) is 0 Å². The third-order valence-electron chi connectivity index (χ3n) is 5.21. The number of carboxylic acid groups (broad SMARTS) is 2. The topological polar surface area (TPSA) is 150 Å². The van der Waals surface area contributed by atoms with E-state index < -0.39 is 53.8 Å². The second-order valence-corrected chi connectivity index (χ2v) is 7.65. The Morgan fingerprint density at radius 3 is 1.96 bits per heavy atom. The number of hydrogen-bond acceptors (Lipinski definition) is 6. The van der Waals surface area contributed by atoms with Gasteiger partial charge in [-0.1, -0.05) is 20.8 Å². The fourth-order valence-electron chi connectivity index (χ4n) is 2.92. The van der Waals surface area contributed by atoms with Gasteiger partial charge in [0, 0.05) is 11.3 Å². The molecule has 1 aliphatic rings. The molecule has 0 radical (unpaired) electrons. The first-order chi connectivity index (χ1) is 12.5. The van der Waals surface area contributed by atoms with Crippen molar-refractivity contribution in [3.05, 3.63) is 0 Å². The van der Waals surface area contributed by atoms with Crippen LogP contribution in [-0.2, 0) is 23.9 Å². The molecule has 1 fully saturated rings. The number of aliphatic carboxylic acids is 2. The molecule has 27 heavy (non-hydrogen) atoms. The van der Waals surface area contributed by atoms with Gasteiger partial charge in [-0.2, -0.15) is 0 Å². The highest BCUT2D eigenvalue weighted by atomic mass is 16.6. The van der Waals surface area contributed by atoms with Crippen LogP contribution in [0, 0.1) is 23.2 Å². The molecule has 0 heterocycles. The predicted octanol–water partition coefficient (Wildman–Crippen LogP) is 0.645. The van der Waals surface area contributed by atoms with Crippen LogP contribution < -0.4 is 5.32 Å². The summed E-state index contributed by atoms with van der Waals surface area (Å²) in [5, 5.41) is 30.6. The zero-order chi connectivity index (χ0) is 20.8. The van der Waals surface area contributed by atoms with Crippen molar-refractivity contribution in [3.63, 3.8) is 0 Å². The molecular weight excluding hydrogens is 358 g/mol. The van der Waals surface area contributed by atoms with Crippen molar-refractivity contribution in [3.8, 4) is 0 Å². The molecule has 1 saturated carbocycles. The van der Waals surface area contributed by atoms with E-state index in [0.29, 0.717) is 6.42 Å². The van der Waals surface area contributed by atoms with Crippen LogP contribution in [0.15, 0.2) is 0 Å². The SMILES string of the molecule is CCC(C)(C)C(=O)NCC(O)OCC(=O)C1CC(C(=O)O)CC(C(=O)O)C1. The number of aliphatic hydroxyl groups is 1. The molecule has 0 saturated heterocycles. The van der Waals surface area contributed by atoms with Crippen LogP contribution >= 0.6 is 0 Å². The Morgan fingerprint density at radius 1 is 1.04 bits per heavy atom. The van der Waals surface area contributed by atoms with Gasteiger partial charge in [0.15, 0.2) is 12.1 Å². The van der Waals surface area contributed by atoms with E-state index in [1.54, 1.807) is 13.8 Å². The van der Waals surface area contributed by atoms with Gasteiger partial charge in [-0.15, -0.1) is 0 Å². The first-order valence-corrected chi connectivity index (χ1v) is 9.04. The van der Waals surface area contributed by atoms with E-state index in [9.17, 15) is 24.3 Å². The molecule has 9 nitrogen and oxygen atoms in total. The molecule has 0 bridgehead atoms. The van der Waals surface area contributed by atoms with Crippen molar-refractivity contribution < 1.29 is 39.2 Å². The maximum absolute atomic E-state index is 12.3. The first kappa shape index (κ1) is 23.0. The molecule has 1 aliphatic carbocycles. The standard InChI is InChI=1S/C18H29NO8/c1-4-18(2,3)17(26)19-8-14(21)27-9-13(20)10-5-11(15(22)23)7-12(6-10)16(24)25/h10-12,14,21H,4-9H2,1-3H3,(H,19,26)(H,22,23)(H,24,25). The van der Waals surface area contributed by atoms with E-state index in [0.717, 1.165) is 0 Å². The number of amides is 1. The summed E-state index contributed by atoms with van der Waals surface area (Å²) < 4.78 is 5.04. The molecule has 0 aliphatic heterocycles. The summed E-state index contributed by atoms with van der Waals surface area (Å²) in [6.45, 7) is 4.73. The van der Waals surface area contributed by atoms with Gasteiger partial charge in [-0.05, 0) is 25.7 Å². The lowest BCUT2D eigenvalue weighted by atomic mass is 9.73. The second-order valence-electron chi connectivity index (χ2n) is 7.65. The predicted molar refractivity (Wildman–Crippen MR) is 93.6 cm³/mol. The maximum atomic E-state index is 12.3. The van der Waals surface area contributed by atoms with Crippen LogP contribution in [0.5, 0.6) is 0 Å². The third-order valence-corrected chi connectivity index (χ3v) is 5.21. The van der Waals surface area contributed by atoms with Gasteiger partial charge in [0.25, 0.3) is 0 Å². The van der Waals surface area contributed by atoms with Gasteiger partial charge in [0.2, 0.25) is 5.91 Å². The molecular formula is C18H29NO8. The molecule has 0 aromatic carbocycles. The van der Waals surface area contributed by atoms with Crippen LogP contribution in [0.4, 0.5) is 0 Å². The highest BCUT2D eigenvalue weighted by molar-refractivity contribution is 5.84. The minimum Gasteiger partial charge on any atom is -0.481 e. The molecule has 1 rings (SSSR count). The monoisotopic (exact) mass is 387 g/mol. The molecule has 0 aromatic rings. The average Bonchev–Trinajstić information content (AvgIpc) is 2.63. The number of carbonyl (C=O) groups excluding carboxylic acids is 2. The van der Waals surface area contributed by atoms with E-state index in [-0.39, 0.29) is 31.7 Å². The van der Waals surface area contributed by atoms with Crippen LogP contribution in [-0.4, -0.2) is 58.4 Å². The van der Waals surface area contributed by atoms with Crippen molar-refractivity contribution in [2.24, 2.45) is 23.2 Å². The number of aliphatic hydroxyl groups excluding tert-OH is 1. The molecule has 0 spiro atoms. The summed E-state index contributed by atoms with van der Waals surface area (Å²) in [6, 6.07) is 0. The van der Waals surface area contributed by atoms with E-state index in [1.807, 2.05) is 6.92 Å². The quantitative estimate of drug-likeness (QED) is 0.399. The van der Waals surface area contributed by atoms with Gasteiger partial charge >= 0.3 is 11.9 Å². The summed E-state index contributed by atoms with van der Waals surface area (Å²) in [6.07, 6.45) is -0.667. The van der Waals surface area contributed by atoms with Crippen molar-refractivity contribution >= 4 is 23.6 Å². The Morgan fingerprint density at radius 2 is 1.52 bits per heavy atom. The van der Waals surface area contributed by atoms with Gasteiger partial charge in [0.1, 0.15) is 6.61 Å². The lowest BCUT2D eigenvalue weighted by Gasteiger charge is -2.30. The van der Waals surface area contributed by atoms with E-state index in [1.165, 1.54) is 0 Å². The fourth-order valence-corrected chi connectivity index (χ4v) is 2.92. The maximum Gasteiger partial charge on any atom is 0.306 e. The summed E-state index contributed by atoms with van der Waals surface area (Å²) in [5.74, 6) is -5.49. The van der Waals surface area contributed by atoms with E-state index >= 15 is 0 Å². The van der Waals surface area contributed by atoms with Crippen molar-refractivity contribution in [2.45, 2.75) is 52.7 Å². The van der Waals surface area contributed by atoms with Gasteiger partial charge in [-0.25, -0.2) is 0 Å². The number of rotatable bonds is 10. The number of carbonyl (C=O) groups is 4. The zero-order valence-electron chi connectivity index (χ0n) is 15.9. The fraction of sp³-hybridized carbons (Fsp3) is 0.778. The Labute approximate surface area is 158 Å². The molecule has 9 heteroatoms.